The third kappa shape index (κ3) is 4.79. The van der Waals surface area contributed by atoms with E-state index in [-0.39, 0.29) is 11.9 Å². The van der Waals surface area contributed by atoms with Crippen molar-refractivity contribution < 1.29 is 4.79 Å². The van der Waals surface area contributed by atoms with E-state index in [0.717, 1.165) is 12.2 Å². The molecule has 0 N–H and O–H groups in total. The normalized spacial score (nSPS) is 11.2. The van der Waals surface area contributed by atoms with Gasteiger partial charge in [0.1, 0.15) is 0 Å². The van der Waals surface area contributed by atoms with Gasteiger partial charge in [-0.1, -0.05) is 43.8 Å². The maximum absolute atomic E-state index is 12.6. The van der Waals surface area contributed by atoms with Gasteiger partial charge >= 0.3 is 0 Å². The predicted molar refractivity (Wildman–Crippen MR) is 92.4 cm³/mol. The first kappa shape index (κ1) is 17.5. The first-order valence-corrected chi connectivity index (χ1v) is 8.73. The third-order valence-corrected chi connectivity index (χ3v) is 4.12. The van der Waals surface area contributed by atoms with Crippen LogP contribution in [0.1, 0.15) is 27.7 Å². The maximum Gasteiger partial charge on any atom is 0.237 e. The zero-order chi connectivity index (χ0) is 16.8. The van der Waals surface area contributed by atoms with Gasteiger partial charge in [-0.2, -0.15) is 0 Å². The molecule has 0 bridgehead atoms. The molecule has 0 saturated carbocycles. The van der Waals surface area contributed by atoms with Gasteiger partial charge in [-0.05, 0) is 42.3 Å². The van der Waals surface area contributed by atoms with Gasteiger partial charge < -0.3 is 4.90 Å². The van der Waals surface area contributed by atoms with Crippen LogP contribution in [-0.4, -0.2) is 37.9 Å². The number of thioether (sulfide) groups is 1. The first-order chi connectivity index (χ1) is 11.0. The third-order valence-electron chi connectivity index (χ3n) is 3.18. The molecule has 0 aliphatic heterocycles. The van der Waals surface area contributed by atoms with Gasteiger partial charge in [0.25, 0.3) is 0 Å². The number of nitrogens with zero attached hydrogens (tertiary/aromatic N) is 5. The molecule has 124 valence electrons. The summed E-state index contributed by atoms with van der Waals surface area (Å²) < 4.78 is 1.75. The average Bonchev–Trinajstić information content (AvgIpc) is 2.92. The predicted octanol–water partition coefficient (Wildman–Crippen LogP) is 2.86. The van der Waals surface area contributed by atoms with Crippen LogP contribution in [0.2, 0.25) is 0 Å². The smallest absolute Gasteiger partial charge is 0.237 e. The Kier molecular flexibility index (Phi) is 6.15. The molecule has 23 heavy (non-hydrogen) atoms. The summed E-state index contributed by atoms with van der Waals surface area (Å²) in [7, 11) is 0. The fraction of sp³-hybridized carbons (Fsp3) is 0.500. The molecule has 0 spiro atoms. The molecule has 2 rings (SSSR count). The highest BCUT2D eigenvalue weighted by Gasteiger charge is 2.20. The van der Waals surface area contributed by atoms with Crippen molar-refractivity contribution in [1.29, 1.82) is 0 Å². The van der Waals surface area contributed by atoms with Crippen molar-refractivity contribution in [3.05, 3.63) is 30.3 Å². The van der Waals surface area contributed by atoms with Crippen molar-refractivity contribution >= 4 is 23.4 Å². The van der Waals surface area contributed by atoms with Crippen LogP contribution in [0.4, 0.5) is 5.69 Å². The fourth-order valence-corrected chi connectivity index (χ4v) is 3.02. The van der Waals surface area contributed by atoms with Gasteiger partial charge in [-0.15, -0.1) is 5.10 Å². The lowest BCUT2D eigenvalue weighted by Gasteiger charge is -2.26. The highest BCUT2D eigenvalue weighted by Crippen LogP contribution is 2.21. The maximum atomic E-state index is 12.6. The Morgan fingerprint density at radius 1 is 1.22 bits per heavy atom. The largest absolute Gasteiger partial charge is 0.309 e. The van der Waals surface area contributed by atoms with Crippen molar-refractivity contribution in [1.82, 2.24) is 20.2 Å². The molecule has 7 heteroatoms. The summed E-state index contributed by atoms with van der Waals surface area (Å²) in [4.78, 5) is 14.5. The summed E-state index contributed by atoms with van der Waals surface area (Å²) in [6.07, 6.45) is 0. The zero-order valence-corrected chi connectivity index (χ0v) is 14.8. The topological polar surface area (TPSA) is 63.9 Å². The summed E-state index contributed by atoms with van der Waals surface area (Å²) in [6, 6.07) is 9.82. The van der Waals surface area contributed by atoms with Crippen LogP contribution in [-0.2, 0) is 11.3 Å². The van der Waals surface area contributed by atoms with Crippen LogP contribution >= 0.6 is 11.8 Å². The van der Waals surface area contributed by atoms with Crippen LogP contribution in [0, 0.1) is 5.92 Å². The van der Waals surface area contributed by atoms with Gasteiger partial charge in [0.15, 0.2) is 0 Å². The molecule has 2 aromatic rings. The zero-order valence-electron chi connectivity index (χ0n) is 14.0. The lowest BCUT2D eigenvalue weighted by Crippen LogP contribution is -2.38. The van der Waals surface area contributed by atoms with Gasteiger partial charge in [-0.25, -0.2) is 4.68 Å². The van der Waals surface area contributed by atoms with Gasteiger partial charge in [0, 0.05) is 18.3 Å². The van der Waals surface area contributed by atoms with E-state index < -0.39 is 0 Å². The van der Waals surface area contributed by atoms with Crippen LogP contribution in [0.5, 0.6) is 0 Å². The van der Waals surface area contributed by atoms with Crippen molar-refractivity contribution in [2.24, 2.45) is 5.92 Å². The lowest BCUT2D eigenvalue weighted by atomic mass is 10.2. The Labute approximate surface area is 141 Å². The molecule has 0 aliphatic rings. The molecule has 0 unspecified atom stereocenters. The summed E-state index contributed by atoms with van der Waals surface area (Å²) in [5, 5.41) is 12.4. The summed E-state index contributed by atoms with van der Waals surface area (Å²) in [6.45, 7) is 8.99. The summed E-state index contributed by atoms with van der Waals surface area (Å²) in [5.41, 5.74) is 0.912. The Morgan fingerprint density at radius 2 is 1.91 bits per heavy atom. The van der Waals surface area contributed by atoms with Crippen LogP contribution in [0.3, 0.4) is 0 Å². The molecular weight excluding hydrogens is 310 g/mol. The van der Waals surface area contributed by atoms with Crippen molar-refractivity contribution in [2.75, 3.05) is 10.7 Å². The Hall–Kier alpha value is -1.89. The van der Waals surface area contributed by atoms with E-state index in [4.69, 9.17) is 0 Å². The number of rotatable bonds is 7. The second-order valence-corrected chi connectivity index (χ2v) is 6.96. The first-order valence-electron chi connectivity index (χ1n) is 7.75. The second kappa shape index (κ2) is 8.10. The number of amides is 1. The molecule has 1 aromatic heterocycles. The summed E-state index contributed by atoms with van der Waals surface area (Å²) >= 11 is 1.38. The quantitative estimate of drug-likeness (QED) is 0.729. The Morgan fingerprint density at radius 3 is 2.52 bits per heavy atom. The van der Waals surface area contributed by atoms with Crippen LogP contribution in [0.25, 0.3) is 0 Å². The van der Waals surface area contributed by atoms with Crippen LogP contribution in [0.15, 0.2) is 35.5 Å². The van der Waals surface area contributed by atoms with Gasteiger partial charge in [0.2, 0.25) is 11.1 Å². The number of aromatic nitrogens is 4. The minimum Gasteiger partial charge on any atom is -0.309 e. The number of carbonyl (C=O) groups excluding carboxylic acids is 1. The summed E-state index contributed by atoms with van der Waals surface area (Å²) in [5.74, 6) is 0.811. The number of anilines is 1. The van der Waals surface area contributed by atoms with Crippen molar-refractivity contribution in [3.8, 4) is 0 Å². The van der Waals surface area contributed by atoms with E-state index in [1.165, 1.54) is 11.8 Å². The number of carbonyl (C=O) groups is 1. The molecular formula is C16H23N5OS. The lowest BCUT2D eigenvalue weighted by molar-refractivity contribution is -0.116. The van der Waals surface area contributed by atoms with Crippen molar-refractivity contribution in [3.63, 3.8) is 0 Å². The minimum atomic E-state index is 0.0512. The number of tetrazole rings is 1. The molecule has 0 radical (unpaired) electrons. The fourth-order valence-electron chi connectivity index (χ4n) is 2.27. The molecule has 0 fully saturated rings. The number of para-hydroxylation sites is 1. The van der Waals surface area contributed by atoms with E-state index in [1.807, 2.05) is 49.1 Å². The number of hydrogen-bond donors (Lipinski definition) is 0. The Balaban J connectivity index is 2.04. The SMILES string of the molecule is CC(C)Cn1nnnc1SCC(=O)N(c1ccccc1)C(C)C. The highest BCUT2D eigenvalue weighted by molar-refractivity contribution is 7.99. The Bertz CT molecular complexity index is 626. The highest BCUT2D eigenvalue weighted by atomic mass is 32.2. The van der Waals surface area contributed by atoms with E-state index >= 15 is 0 Å². The van der Waals surface area contributed by atoms with E-state index in [2.05, 4.69) is 29.4 Å². The number of benzene rings is 1. The molecule has 6 nitrogen and oxygen atoms in total. The average molecular weight is 333 g/mol. The minimum absolute atomic E-state index is 0.0512. The molecule has 1 heterocycles. The molecule has 0 atom stereocenters. The van der Waals surface area contributed by atoms with E-state index in [0.29, 0.717) is 16.8 Å². The van der Waals surface area contributed by atoms with Crippen molar-refractivity contribution in [2.45, 2.75) is 45.4 Å². The van der Waals surface area contributed by atoms with Gasteiger partial charge in [0.05, 0.1) is 5.75 Å². The molecule has 1 aromatic carbocycles. The molecule has 0 aliphatic carbocycles. The van der Waals surface area contributed by atoms with Crippen LogP contribution < -0.4 is 4.90 Å². The number of hydrogen-bond acceptors (Lipinski definition) is 5. The monoisotopic (exact) mass is 333 g/mol. The standard InChI is InChI=1S/C16H23N5OS/c1-12(2)10-20-16(17-18-19-20)23-11-15(22)21(13(3)4)14-8-6-5-7-9-14/h5-9,12-13H,10-11H2,1-4H3. The second-order valence-electron chi connectivity index (χ2n) is 6.02. The molecule has 0 saturated heterocycles. The molecule has 1 amide bonds. The van der Waals surface area contributed by atoms with Gasteiger partial charge in [-0.3, -0.25) is 4.79 Å². The van der Waals surface area contributed by atoms with E-state index in [1.54, 1.807) is 4.68 Å². The van der Waals surface area contributed by atoms with E-state index in [9.17, 15) is 4.79 Å².